The normalized spacial score (nSPS) is 13.1. The molecule has 0 radical (unpaired) electrons. The van der Waals surface area contributed by atoms with Gasteiger partial charge in [0.15, 0.2) is 0 Å². The van der Waals surface area contributed by atoms with E-state index < -0.39 is 42.4 Å². The number of likely N-dealkylation sites (N-methyl/N-ethyl adjacent to an activating group) is 1. The lowest BCUT2D eigenvalue weighted by Crippen LogP contribution is -2.50. The molecule has 2 atom stereocenters. The van der Waals surface area contributed by atoms with Crippen LogP contribution in [0.25, 0.3) is 0 Å². The van der Waals surface area contributed by atoms with Crippen LogP contribution in [0.3, 0.4) is 0 Å². The van der Waals surface area contributed by atoms with E-state index in [1.165, 1.54) is 0 Å². The molecule has 0 unspecified atom stereocenters. The van der Waals surface area contributed by atoms with Gasteiger partial charge in [0.05, 0.1) is 33.7 Å². The Balaban J connectivity index is 4.43. The molecule has 2 amide bonds. The van der Waals surface area contributed by atoms with Crippen LogP contribution in [-0.4, -0.2) is 86.9 Å². The van der Waals surface area contributed by atoms with Crippen LogP contribution in [0.4, 0.5) is 0 Å². The number of carbonyl (C=O) groups excluding carboxylic acids is 4. The van der Waals surface area contributed by atoms with Crippen molar-refractivity contribution in [1.82, 2.24) is 10.6 Å². The zero-order valence-corrected chi connectivity index (χ0v) is 17.0. The van der Waals surface area contributed by atoms with Crippen LogP contribution >= 0.6 is 11.9 Å². The van der Waals surface area contributed by atoms with Crippen molar-refractivity contribution in [2.24, 2.45) is 10.3 Å². The van der Waals surface area contributed by atoms with E-state index in [2.05, 4.69) is 9.90 Å². The van der Waals surface area contributed by atoms with Gasteiger partial charge < -0.3 is 35.5 Å². The van der Waals surface area contributed by atoms with Gasteiger partial charge in [-0.3, -0.25) is 14.4 Å². The zero-order valence-electron chi connectivity index (χ0n) is 16.1. The summed E-state index contributed by atoms with van der Waals surface area (Å²) in [6.07, 6.45) is -0.184. The summed E-state index contributed by atoms with van der Waals surface area (Å²) in [5, 5.41) is 14.8. The first kappa shape index (κ1) is 25.8. The smallest absolute Gasteiger partial charge is 0.323 e. The number of nitrogens with zero attached hydrogens (tertiary/aromatic N) is 2. The molecule has 28 heavy (non-hydrogen) atoms. The lowest BCUT2D eigenvalue weighted by Gasteiger charge is -2.23. The van der Waals surface area contributed by atoms with Crippen molar-refractivity contribution in [3.63, 3.8) is 0 Å². The van der Waals surface area contributed by atoms with Gasteiger partial charge in [-0.25, -0.2) is 0 Å². The highest BCUT2D eigenvalue weighted by Gasteiger charge is 2.23. The summed E-state index contributed by atoms with van der Waals surface area (Å²) in [4.78, 5) is 56.2. The van der Waals surface area contributed by atoms with E-state index >= 15 is 0 Å². The van der Waals surface area contributed by atoms with E-state index in [4.69, 9.17) is 10.5 Å². The van der Waals surface area contributed by atoms with Crippen LogP contribution in [0.2, 0.25) is 0 Å². The second-order valence-electron chi connectivity index (χ2n) is 6.91. The summed E-state index contributed by atoms with van der Waals surface area (Å²) in [7, 11) is 5.82. The molecule has 0 aromatic rings. The first-order chi connectivity index (χ1) is 13.0. The van der Waals surface area contributed by atoms with Crippen LogP contribution < -0.4 is 21.5 Å². The average molecular weight is 421 g/mol. The average Bonchev–Trinajstić information content (AvgIpc) is 2.59. The first-order valence-corrected chi connectivity index (χ1v) is 9.34. The number of carboxylic acids is 1. The second-order valence-corrected chi connectivity index (χ2v) is 7.65. The molecule has 0 rings (SSSR count). The molecule has 4 N–H and O–H groups in total. The highest BCUT2D eigenvalue weighted by Crippen LogP contribution is 2.05. The molecule has 0 aromatic carbocycles. The van der Waals surface area contributed by atoms with E-state index in [-0.39, 0.29) is 25.2 Å². The molecule has 0 heterocycles. The lowest BCUT2D eigenvalue weighted by molar-refractivity contribution is -0.870. The van der Waals surface area contributed by atoms with Crippen LogP contribution in [0.5, 0.6) is 0 Å². The number of nitrogens with two attached hydrogens (primary N) is 1. The van der Waals surface area contributed by atoms with Gasteiger partial charge in [0.1, 0.15) is 25.2 Å². The fraction of sp³-hybridized carbons (Fsp3) is 0.733. The monoisotopic (exact) mass is 421 g/mol. The van der Waals surface area contributed by atoms with Gasteiger partial charge in [0.2, 0.25) is 11.8 Å². The third kappa shape index (κ3) is 13.0. The van der Waals surface area contributed by atoms with Gasteiger partial charge in [0, 0.05) is 28.7 Å². The topological polar surface area (TPSA) is 180 Å². The second kappa shape index (κ2) is 13.0. The minimum atomic E-state index is -1.51. The summed E-state index contributed by atoms with van der Waals surface area (Å²) in [6.45, 7) is 0.0528. The largest absolute Gasteiger partial charge is 0.548 e. The van der Waals surface area contributed by atoms with Gasteiger partial charge in [-0.15, -0.1) is 4.91 Å². The van der Waals surface area contributed by atoms with Gasteiger partial charge in [-0.2, -0.15) is 0 Å². The molecule has 0 spiro atoms. The minimum Gasteiger partial charge on any atom is -0.548 e. The molecule has 0 aliphatic rings. The number of nitrogens with one attached hydrogen (secondary N) is 2. The quantitative estimate of drug-likeness (QED) is 0.115. The van der Waals surface area contributed by atoms with E-state index in [0.717, 1.165) is 0 Å². The van der Waals surface area contributed by atoms with Crippen LogP contribution in [0, 0.1) is 4.91 Å². The number of hydrogen-bond acceptors (Lipinski definition) is 10. The predicted octanol–water partition coefficient (Wildman–Crippen LogP) is -2.89. The molecule has 0 aromatic heterocycles. The Morgan fingerprint density at radius 1 is 1.25 bits per heavy atom. The molecule has 0 bridgehead atoms. The number of carboxylic acid groups (broad SMARTS) is 1. The number of nitroso groups, excluding NO2 is 1. The van der Waals surface area contributed by atoms with Crippen molar-refractivity contribution in [3.8, 4) is 0 Å². The lowest BCUT2D eigenvalue weighted by atomic mass is 10.1. The number of ether oxygens (including phenoxy) is 1. The van der Waals surface area contributed by atoms with Crippen LogP contribution in [-0.2, 0) is 23.9 Å². The maximum Gasteiger partial charge on any atom is 0.323 e. The van der Waals surface area contributed by atoms with Gasteiger partial charge in [0.25, 0.3) is 0 Å². The molecule has 0 saturated heterocycles. The van der Waals surface area contributed by atoms with Crippen molar-refractivity contribution in [2.75, 3.05) is 46.6 Å². The molecule has 13 heteroatoms. The molecule has 12 nitrogen and oxygen atoms in total. The predicted molar refractivity (Wildman–Crippen MR) is 99.3 cm³/mol. The fourth-order valence-electron chi connectivity index (χ4n) is 1.77. The van der Waals surface area contributed by atoms with Crippen molar-refractivity contribution in [1.29, 1.82) is 0 Å². The number of quaternary nitrogens is 1. The molecule has 0 saturated carbocycles. The molecule has 0 aliphatic carbocycles. The van der Waals surface area contributed by atoms with Crippen molar-refractivity contribution < 1.29 is 33.5 Å². The van der Waals surface area contributed by atoms with E-state index in [9.17, 15) is 29.2 Å². The summed E-state index contributed by atoms with van der Waals surface area (Å²) < 4.78 is 8.19. The van der Waals surface area contributed by atoms with Gasteiger partial charge in [-0.1, -0.05) is 0 Å². The third-order valence-corrected chi connectivity index (χ3v) is 3.93. The van der Waals surface area contributed by atoms with Crippen LogP contribution in [0.1, 0.15) is 12.8 Å². The molecular weight excluding hydrogens is 394 g/mol. The number of hydrogen-bond donors (Lipinski definition) is 3. The highest BCUT2D eigenvalue weighted by atomic mass is 32.2. The number of carbonyl (C=O) groups is 4. The Morgan fingerprint density at radius 2 is 1.89 bits per heavy atom. The Hall–Kier alpha value is -2.25. The maximum absolute atomic E-state index is 12.0. The summed E-state index contributed by atoms with van der Waals surface area (Å²) in [6, 6.07) is -2.18. The van der Waals surface area contributed by atoms with Crippen LogP contribution in [0.15, 0.2) is 4.58 Å². The number of esters is 1. The highest BCUT2D eigenvalue weighted by molar-refractivity contribution is 7.97. The number of rotatable bonds is 14. The van der Waals surface area contributed by atoms with Gasteiger partial charge in [-0.05, 0) is 6.42 Å². The Morgan fingerprint density at radius 3 is 2.43 bits per heavy atom. The van der Waals surface area contributed by atoms with E-state index in [1.807, 2.05) is 26.5 Å². The third-order valence-electron chi connectivity index (χ3n) is 3.34. The molecular formula is C15H27N5O7S. The minimum absolute atomic E-state index is 0.0124. The first-order valence-electron chi connectivity index (χ1n) is 8.40. The molecule has 0 aliphatic heterocycles. The zero-order chi connectivity index (χ0) is 21.7. The molecule has 0 fully saturated rings. The Labute approximate surface area is 167 Å². The van der Waals surface area contributed by atoms with Crippen molar-refractivity contribution in [3.05, 3.63) is 4.91 Å². The maximum atomic E-state index is 12.0. The summed E-state index contributed by atoms with van der Waals surface area (Å²) >= 11 is 0.492. The summed E-state index contributed by atoms with van der Waals surface area (Å²) in [5.74, 6) is -3.74. The standard InChI is InChI=1S/C15H27N5O7S/c1-20(2,3)6-7-27-15(25)10(16)4-5-12(21)18-11(9-28-19-26)14(24)17-8-13(22)23/h10-11H,4-9,16H2,1-3H3,(H2-,17,18,21,22,23,24)/t10-,11+/m0/s1. The Kier molecular flexibility index (Phi) is 12.0. The molecule has 160 valence electrons. The number of aliphatic carboxylic acids is 1. The number of amides is 2. The fourth-order valence-corrected chi connectivity index (χ4v) is 2.21. The van der Waals surface area contributed by atoms with E-state index in [1.54, 1.807) is 0 Å². The van der Waals surface area contributed by atoms with E-state index in [0.29, 0.717) is 23.0 Å². The van der Waals surface area contributed by atoms with Crippen molar-refractivity contribution >= 4 is 35.7 Å². The van der Waals surface area contributed by atoms with Gasteiger partial charge >= 0.3 is 5.97 Å². The summed E-state index contributed by atoms with van der Waals surface area (Å²) in [5.41, 5.74) is 5.70. The Bertz CT molecular complexity index is 567. The SMILES string of the molecule is C[N+](C)(C)CCOC(=O)[C@@H](N)CCC(=O)N[C@H](CSN=O)C(=O)NCC(=O)[O-]. The van der Waals surface area contributed by atoms with Crippen molar-refractivity contribution in [2.45, 2.75) is 24.9 Å².